The van der Waals surface area contributed by atoms with Gasteiger partial charge in [-0.15, -0.1) is 11.3 Å². The van der Waals surface area contributed by atoms with Gasteiger partial charge in [0, 0.05) is 24.4 Å². The molecule has 3 heterocycles. The summed E-state index contributed by atoms with van der Waals surface area (Å²) in [6.07, 6.45) is 1.24. The van der Waals surface area contributed by atoms with Crippen molar-refractivity contribution in [1.82, 2.24) is 4.90 Å². The smallest absolute Gasteiger partial charge is 0.265 e. The Morgan fingerprint density at radius 2 is 2.16 bits per heavy atom. The summed E-state index contributed by atoms with van der Waals surface area (Å²) in [5.74, 6) is 0.697. The second-order valence-corrected chi connectivity index (χ2v) is 7.36. The molecule has 6 heteroatoms. The van der Waals surface area contributed by atoms with Crippen molar-refractivity contribution in [2.24, 2.45) is 0 Å². The fourth-order valence-electron chi connectivity index (χ4n) is 3.60. The minimum absolute atomic E-state index is 0.0313. The van der Waals surface area contributed by atoms with Crippen molar-refractivity contribution in [2.75, 3.05) is 24.6 Å². The molecule has 0 saturated heterocycles. The van der Waals surface area contributed by atoms with E-state index in [2.05, 4.69) is 18.4 Å². The molecule has 2 amide bonds. The molecule has 0 radical (unpaired) electrons. The number of ether oxygens (including phenoxy) is 1. The highest BCUT2D eigenvalue weighted by Gasteiger charge is 2.30. The average molecular weight is 356 g/mol. The van der Waals surface area contributed by atoms with E-state index in [0.29, 0.717) is 18.7 Å². The van der Waals surface area contributed by atoms with Gasteiger partial charge in [-0.1, -0.05) is 12.1 Å². The van der Waals surface area contributed by atoms with Crippen LogP contribution in [0.2, 0.25) is 0 Å². The van der Waals surface area contributed by atoms with Crippen LogP contribution in [0.1, 0.15) is 29.8 Å². The van der Waals surface area contributed by atoms with Crippen LogP contribution >= 0.6 is 11.3 Å². The highest BCUT2D eigenvalue weighted by atomic mass is 32.1. The molecule has 5 nitrogen and oxygen atoms in total. The van der Waals surface area contributed by atoms with E-state index in [9.17, 15) is 9.59 Å². The molecule has 25 heavy (non-hydrogen) atoms. The molecule has 0 bridgehead atoms. The topological polar surface area (TPSA) is 49.9 Å². The molecule has 4 rings (SSSR count). The first-order valence-electron chi connectivity index (χ1n) is 8.53. The predicted octanol–water partition coefficient (Wildman–Crippen LogP) is 3.01. The van der Waals surface area contributed by atoms with Crippen LogP contribution in [0.25, 0.3) is 0 Å². The molecule has 130 valence electrons. The molecule has 2 aliphatic rings. The summed E-state index contributed by atoms with van der Waals surface area (Å²) in [7, 11) is 0. The summed E-state index contributed by atoms with van der Waals surface area (Å²) >= 11 is 1.77. The summed E-state index contributed by atoms with van der Waals surface area (Å²) in [4.78, 5) is 30.0. The Balaban J connectivity index is 1.45. The molecular weight excluding hydrogens is 336 g/mol. The number of benzene rings is 1. The van der Waals surface area contributed by atoms with Crippen LogP contribution in [0, 0.1) is 0 Å². The monoisotopic (exact) mass is 356 g/mol. The molecule has 0 N–H and O–H groups in total. The van der Waals surface area contributed by atoms with Crippen molar-refractivity contribution in [3.8, 4) is 5.75 Å². The molecule has 1 atom stereocenters. The number of para-hydroxylation sites is 2. The van der Waals surface area contributed by atoms with E-state index in [1.54, 1.807) is 16.2 Å². The lowest BCUT2D eigenvalue weighted by Crippen LogP contribution is -2.43. The van der Waals surface area contributed by atoms with E-state index in [1.165, 1.54) is 10.4 Å². The fraction of sp³-hybridized carbons (Fsp3) is 0.368. The van der Waals surface area contributed by atoms with E-state index in [4.69, 9.17) is 4.74 Å². The third-order valence-corrected chi connectivity index (χ3v) is 5.95. The third-order valence-electron chi connectivity index (χ3n) is 4.96. The molecule has 1 aromatic heterocycles. The molecular formula is C19H20N2O3S. The second-order valence-electron chi connectivity index (χ2n) is 6.36. The zero-order valence-electron chi connectivity index (χ0n) is 14.1. The number of anilines is 1. The highest BCUT2D eigenvalue weighted by molar-refractivity contribution is 7.10. The van der Waals surface area contributed by atoms with Gasteiger partial charge >= 0.3 is 0 Å². The van der Waals surface area contributed by atoms with Crippen molar-refractivity contribution in [3.05, 3.63) is 46.2 Å². The Kier molecular flexibility index (Phi) is 4.21. The van der Waals surface area contributed by atoms with Gasteiger partial charge in [-0.2, -0.15) is 0 Å². The zero-order valence-corrected chi connectivity index (χ0v) is 14.9. The van der Waals surface area contributed by atoms with E-state index in [-0.39, 0.29) is 24.5 Å². The Morgan fingerprint density at radius 3 is 3.04 bits per heavy atom. The fourth-order valence-corrected chi connectivity index (χ4v) is 4.56. The normalized spacial score (nSPS) is 19.2. The zero-order chi connectivity index (χ0) is 17.4. The van der Waals surface area contributed by atoms with Crippen molar-refractivity contribution in [3.63, 3.8) is 0 Å². The van der Waals surface area contributed by atoms with Crippen molar-refractivity contribution in [1.29, 1.82) is 0 Å². The standard InChI is InChI=1S/C19H20N2O3S/c1-13-14-8-11-25-17(14)6-9-20(13)18(22)7-10-21-15-4-2-3-5-16(15)24-12-19(21)23/h2-5,8,11,13H,6-7,9-10,12H2,1H3/t13-/m1/s1. The van der Waals surface area contributed by atoms with E-state index >= 15 is 0 Å². The van der Waals surface area contributed by atoms with Crippen LogP contribution in [0.3, 0.4) is 0 Å². The van der Waals surface area contributed by atoms with Gasteiger partial charge < -0.3 is 14.5 Å². The van der Waals surface area contributed by atoms with Crippen LogP contribution in [0.4, 0.5) is 5.69 Å². The summed E-state index contributed by atoms with van der Waals surface area (Å²) < 4.78 is 5.45. The first kappa shape index (κ1) is 16.1. The quantitative estimate of drug-likeness (QED) is 0.849. The third kappa shape index (κ3) is 2.91. The number of carbonyl (C=O) groups excluding carboxylic acids is 2. The largest absolute Gasteiger partial charge is 0.482 e. The number of nitrogens with zero attached hydrogens (tertiary/aromatic N) is 2. The van der Waals surface area contributed by atoms with E-state index in [0.717, 1.165) is 18.7 Å². The molecule has 2 aliphatic heterocycles. The Labute approximate surface area is 150 Å². The van der Waals surface area contributed by atoms with Gasteiger partial charge in [-0.05, 0) is 42.5 Å². The van der Waals surface area contributed by atoms with E-state index < -0.39 is 0 Å². The molecule has 0 spiro atoms. The van der Waals surface area contributed by atoms with Gasteiger partial charge in [0.1, 0.15) is 5.75 Å². The van der Waals surface area contributed by atoms with Crippen LogP contribution in [0.5, 0.6) is 5.75 Å². The summed E-state index contributed by atoms with van der Waals surface area (Å²) in [5, 5.41) is 2.10. The number of amides is 2. The maximum Gasteiger partial charge on any atom is 0.265 e. The first-order chi connectivity index (χ1) is 12.1. The second kappa shape index (κ2) is 6.52. The lowest BCUT2D eigenvalue weighted by Gasteiger charge is -2.35. The summed E-state index contributed by atoms with van der Waals surface area (Å²) in [5.41, 5.74) is 2.01. The molecule has 0 saturated carbocycles. The number of rotatable bonds is 3. The van der Waals surface area contributed by atoms with Crippen molar-refractivity contribution in [2.45, 2.75) is 25.8 Å². The SMILES string of the molecule is C[C@@H]1c2ccsc2CCN1C(=O)CCN1C(=O)COc2ccccc21. The van der Waals surface area contributed by atoms with Gasteiger partial charge in [0.05, 0.1) is 11.7 Å². The van der Waals surface area contributed by atoms with Gasteiger partial charge in [0.2, 0.25) is 5.91 Å². The number of hydrogen-bond acceptors (Lipinski definition) is 4. The first-order valence-corrected chi connectivity index (χ1v) is 9.41. The minimum Gasteiger partial charge on any atom is -0.482 e. The van der Waals surface area contributed by atoms with Gasteiger partial charge in [0.15, 0.2) is 6.61 Å². The van der Waals surface area contributed by atoms with Crippen LogP contribution < -0.4 is 9.64 Å². The minimum atomic E-state index is -0.0988. The number of thiophene rings is 1. The number of fused-ring (bicyclic) bond motifs is 2. The van der Waals surface area contributed by atoms with E-state index in [1.807, 2.05) is 29.2 Å². The molecule has 0 fully saturated rings. The molecule has 0 aliphatic carbocycles. The van der Waals surface area contributed by atoms with Crippen molar-refractivity contribution < 1.29 is 14.3 Å². The van der Waals surface area contributed by atoms with Crippen LogP contribution in [0.15, 0.2) is 35.7 Å². The van der Waals surface area contributed by atoms with Crippen molar-refractivity contribution >= 4 is 28.8 Å². The molecule has 2 aromatic rings. The Morgan fingerprint density at radius 1 is 1.32 bits per heavy atom. The maximum atomic E-state index is 12.8. The number of hydrogen-bond donors (Lipinski definition) is 0. The number of carbonyl (C=O) groups is 2. The Bertz CT molecular complexity index is 817. The summed E-state index contributed by atoms with van der Waals surface area (Å²) in [6.45, 7) is 3.25. The van der Waals surface area contributed by atoms with Gasteiger partial charge in [0.25, 0.3) is 5.91 Å². The van der Waals surface area contributed by atoms with Gasteiger partial charge in [-0.3, -0.25) is 9.59 Å². The predicted molar refractivity (Wildman–Crippen MR) is 97.1 cm³/mol. The summed E-state index contributed by atoms with van der Waals surface area (Å²) in [6, 6.07) is 9.69. The lowest BCUT2D eigenvalue weighted by atomic mass is 10.0. The maximum absolute atomic E-state index is 12.8. The lowest BCUT2D eigenvalue weighted by molar-refractivity contribution is -0.133. The van der Waals surface area contributed by atoms with Crippen LogP contribution in [-0.2, 0) is 16.0 Å². The Hall–Kier alpha value is -2.34. The highest BCUT2D eigenvalue weighted by Crippen LogP contribution is 2.34. The molecule has 0 unspecified atom stereocenters. The average Bonchev–Trinajstić information content (AvgIpc) is 3.10. The molecule has 1 aromatic carbocycles. The van der Waals surface area contributed by atoms with Gasteiger partial charge in [-0.25, -0.2) is 0 Å². The van der Waals surface area contributed by atoms with Crippen LogP contribution in [-0.4, -0.2) is 36.4 Å².